The second-order valence-electron chi connectivity index (χ2n) is 7.72. The molecule has 0 fully saturated rings. The maximum atomic E-state index is 3.46. The maximum Gasteiger partial charge on any atom is 0.0486 e. The number of benzene rings is 1. The zero-order valence-electron chi connectivity index (χ0n) is 15.7. The normalized spacial score (nSPS) is 18.4. The zero-order chi connectivity index (χ0) is 17.4. The van der Waals surface area contributed by atoms with Crippen molar-refractivity contribution in [1.29, 1.82) is 0 Å². The highest BCUT2D eigenvalue weighted by atomic mass is 15.1. The number of dihydropyridines is 1. The van der Waals surface area contributed by atoms with E-state index in [2.05, 4.69) is 66.0 Å². The van der Waals surface area contributed by atoms with Gasteiger partial charge in [-0.1, -0.05) is 17.7 Å². The first-order valence-electron chi connectivity index (χ1n) is 9.51. The molecule has 0 radical (unpaired) electrons. The van der Waals surface area contributed by atoms with E-state index in [4.69, 9.17) is 0 Å². The second-order valence-corrected chi connectivity index (χ2v) is 7.72. The minimum absolute atomic E-state index is 0.992. The fourth-order valence-corrected chi connectivity index (χ4v) is 4.21. The Hall–Kier alpha value is -2.00. The molecule has 4 rings (SSSR count). The van der Waals surface area contributed by atoms with Gasteiger partial charge in [0.15, 0.2) is 0 Å². The molecule has 0 saturated heterocycles. The molecule has 1 aromatic heterocycles. The third-order valence-corrected chi connectivity index (χ3v) is 5.64. The van der Waals surface area contributed by atoms with Crippen LogP contribution in [0.2, 0.25) is 0 Å². The highest BCUT2D eigenvalue weighted by molar-refractivity contribution is 5.86. The highest BCUT2D eigenvalue weighted by Crippen LogP contribution is 2.31. The lowest BCUT2D eigenvalue weighted by atomic mass is 10.1. The summed E-state index contributed by atoms with van der Waals surface area (Å²) in [6, 6.07) is 6.98. The van der Waals surface area contributed by atoms with Crippen molar-refractivity contribution in [3.8, 4) is 0 Å². The van der Waals surface area contributed by atoms with Gasteiger partial charge in [0.05, 0.1) is 0 Å². The van der Waals surface area contributed by atoms with Crippen molar-refractivity contribution in [2.45, 2.75) is 46.2 Å². The first-order valence-corrected chi connectivity index (χ1v) is 9.51. The molecule has 0 aliphatic carbocycles. The lowest BCUT2D eigenvalue weighted by molar-refractivity contribution is 0.333. The number of hydrogen-bond acceptors (Lipinski definition) is 2. The predicted molar refractivity (Wildman–Crippen MR) is 106 cm³/mol. The van der Waals surface area contributed by atoms with E-state index in [1.807, 2.05) is 0 Å². The van der Waals surface area contributed by atoms with Gasteiger partial charge in [-0.2, -0.15) is 0 Å². The first kappa shape index (κ1) is 16.5. The molecule has 132 valence electrons. The summed E-state index contributed by atoms with van der Waals surface area (Å²) in [5.41, 5.74) is 8.67. The molecule has 2 aliphatic rings. The van der Waals surface area contributed by atoms with Crippen LogP contribution >= 0.6 is 0 Å². The number of aromatic nitrogens is 1. The third-order valence-electron chi connectivity index (χ3n) is 5.64. The van der Waals surface area contributed by atoms with Crippen molar-refractivity contribution in [1.82, 2.24) is 14.8 Å². The van der Waals surface area contributed by atoms with Crippen molar-refractivity contribution in [3.05, 3.63) is 58.4 Å². The SMILES string of the molecule is CC1=CC=C(CCn2c3c(c4cc(C)ccc42)CN(C)CCC3)CN1. The smallest absolute Gasteiger partial charge is 0.0486 e. The first-order chi connectivity index (χ1) is 12.1. The summed E-state index contributed by atoms with van der Waals surface area (Å²) in [6.07, 6.45) is 8.07. The van der Waals surface area contributed by atoms with Gasteiger partial charge < -0.3 is 14.8 Å². The van der Waals surface area contributed by atoms with Crippen molar-refractivity contribution in [2.75, 3.05) is 20.1 Å². The Labute approximate surface area is 151 Å². The van der Waals surface area contributed by atoms with Crippen LogP contribution in [0.1, 0.15) is 36.6 Å². The van der Waals surface area contributed by atoms with Crippen LogP contribution in [0.15, 0.2) is 41.6 Å². The van der Waals surface area contributed by atoms with Gasteiger partial charge in [-0.25, -0.2) is 0 Å². The fraction of sp³-hybridized carbons (Fsp3) is 0.455. The van der Waals surface area contributed by atoms with Crippen LogP contribution in [0.3, 0.4) is 0 Å². The molecule has 0 unspecified atom stereocenters. The van der Waals surface area contributed by atoms with Crippen molar-refractivity contribution >= 4 is 10.9 Å². The van der Waals surface area contributed by atoms with E-state index in [9.17, 15) is 0 Å². The molecule has 1 N–H and O–H groups in total. The Morgan fingerprint density at radius 3 is 2.84 bits per heavy atom. The molecule has 3 nitrogen and oxygen atoms in total. The fourth-order valence-electron chi connectivity index (χ4n) is 4.21. The van der Waals surface area contributed by atoms with Crippen molar-refractivity contribution in [3.63, 3.8) is 0 Å². The number of nitrogens with zero attached hydrogens (tertiary/aromatic N) is 2. The van der Waals surface area contributed by atoms with E-state index in [-0.39, 0.29) is 0 Å². The van der Waals surface area contributed by atoms with E-state index in [1.165, 1.54) is 47.1 Å². The maximum absolute atomic E-state index is 3.46. The average Bonchev–Trinajstić information content (AvgIpc) is 2.74. The molecule has 25 heavy (non-hydrogen) atoms. The Morgan fingerprint density at radius 2 is 2.04 bits per heavy atom. The molecule has 3 heterocycles. The summed E-state index contributed by atoms with van der Waals surface area (Å²) in [5.74, 6) is 0. The summed E-state index contributed by atoms with van der Waals surface area (Å²) in [6.45, 7) is 8.68. The van der Waals surface area contributed by atoms with Crippen LogP contribution in [0.5, 0.6) is 0 Å². The molecule has 0 spiro atoms. The van der Waals surface area contributed by atoms with Gasteiger partial charge in [0.2, 0.25) is 0 Å². The Bertz CT molecular complexity index is 854. The number of fused-ring (bicyclic) bond motifs is 3. The lowest BCUT2D eigenvalue weighted by Crippen LogP contribution is -2.19. The van der Waals surface area contributed by atoms with E-state index < -0.39 is 0 Å². The monoisotopic (exact) mass is 335 g/mol. The molecule has 3 heteroatoms. The van der Waals surface area contributed by atoms with Gasteiger partial charge in [0, 0.05) is 41.9 Å². The van der Waals surface area contributed by atoms with Gasteiger partial charge >= 0.3 is 0 Å². The number of allylic oxidation sites excluding steroid dienone is 3. The van der Waals surface area contributed by atoms with Gasteiger partial charge in [0.1, 0.15) is 0 Å². The zero-order valence-corrected chi connectivity index (χ0v) is 15.7. The van der Waals surface area contributed by atoms with Crippen LogP contribution in [0, 0.1) is 6.92 Å². The molecule has 2 aromatic rings. The van der Waals surface area contributed by atoms with Crippen LogP contribution in [0.4, 0.5) is 0 Å². The topological polar surface area (TPSA) is 20.2 Å². The molecule has 0 amide bonds. The van der Waals surface area contributed by atoms with Crippen LogP contribution in [-0.4, -0.2) is 29.6 Å². The van der Waals surface area contributed by atoms with Crippen molar-refractivity contribution < 1.29 is 0 Å². The van der Waals surface area contributed by atoms with E-state index >= 15 is 0 Å². The highest BCUT2D eigenvalue weighted by Gasteiger charge is 2.21. The average molecular weight is 335 g/mol. The molecule has 0 atom stereocenters. The molecule has 0 bridgehead atoms. The van der Waals surface area contributed by atoms with Crippen molar-refractivity contribution in [2.24, 2.45) is 0 Å². The van der Waals surface area contributed by atoms with E-state index in [1.54, 1.807) is 11.3 Å². The van der Waals surface area contributed by atoms with Crippen LogP contribution in [-0.2, 0) is 19.5 Å². The third kappa shape index (κ3) is 3.25. The summed E-state index contributed by atoms with van der Waals surface area (Å²) in [5, 5.41) is 4.93. The molecule has 2 aliphatic heterocycles. The summed E-state index contributed by atoms with van der Waals surface area (Å²) in [7, 11) is 2.25. The summed E-state index contributed by atoms with van der Waals surface area (Å²) < 4.78 is 2.61. The molecule has 0 saturated carbocycles. The molecular weight excluding hydrogens is 306 g/mol. The Balaban J connectivity index is 1.71. The largest absolute Gasteiger partial charge is 0.385 e. The lowest BCUT2D eigenvalue weighted by Gasteiger charge is -2.17. The minimum atomic E-state index is 0.992. The molecular formula is C22H29N3. The van der Waals surface area contributed by atoms with Gasteiger partial charge in [0.25, 0.3) is 0 Å². The van der Waals surface area contributed by atoms with Gasteiger partial charge in [-0.05, 0) is 76.0 Å². The van der Waals surface area contributed by atoms with E-state index in [0.717, 1.165) is 26.1 Å². The Kier molecular flexibility index (Phi) is 4.43. The predicted octanol–water partition coefficient (Wildman–Crippen LogP) is 4.15. The second kappa shape index (κ2) is 6.72. The minimum Gasteiger partial charge on any atom is -0.385 e. The van der Waals surface area contributed by atoms with E-state index in [0.29, 0.717) is 0 Å². The standard InChI is InChI=1S/C22H29N3/c1-16-6-9-22-19(13-16)20-15-24(3)11-4-5-21(20)25(22)12-10-18-8-7-17(2)23-14-18/h6-9,13,23H,4-5,10-12,14-15H2,1-3H3. The van der Waals surface area contributed by atoms with Gasteiger partial charge in [-0.15, -0.1) is 0 Å². The number of aryl methyl sites for hydroxylation is 2. The van der Waals surface area contributed by atoms with Crippen LogP contribution < -0.4 is 5.32 Å². The summed E-state index contributed by atoms with van der Waals surface area (Å²) in [4.78, 5) is 2.47. The number of nitrogens with one attached hydrogen (secondary N) is 1. The number of rotatable bonds is 3. The summed E-state index contributed by atoms with van der Waals surface area (Å²) >= 11 is 0. The van der Waals surface area contributed by atoms with Gasteiger partial charge in [-0.3, -0.25) is 0 Å². The quantitative estimate of drug-likeness (QED) is 0.909. The number of hydrogen-bond donors (Lipinski definition) is 1. The van der Waals surface area contributed by atoms with Crippen LogP contribution in [0.25, 0.3) is 10.9 Å². The Morgan fingerprint density at radius 1 is 1.16 bits per heavy atom. The molecule has 1 aromatic carbocycles.